The maximum absolute atomic E-state index is 11.6. The van der Waals surface area contributed by atoms with Crippen LogP contribution in [0.4, 0.5) is 5.69 Å². The molecule has 1 aromatic carbocycles. The predicted octanol–water partition coefficient (Wildman–Crippen LogP) is 1.74. The minimum Gasteiger partial charge on any atom is -0.459 e. The van der Waals surface area contributed by atoms with Crippen molar-refractivity contribution in [3.05, 3.63) is 34.4 Å². The first-order valence-corrected chi connectivity index (χ1v) is 9.30. The first kappa shape index (κ1) is 18.3. The van der Waals surface area contributed by atoms with Crippen LogP contribution < -0.4 is 4.74 Å². The summed E-state index contributed by atoms with van der Waals surface area (Å²) in [5, 5.41) is 10.8. The predicted molar refractivity (Wildman–Crippen MR) is 84.5 cm³/mol. The zero-order valence-electron chi connectivity index (χ0n) is 13.2. The fourth-order valence-electron chi connectivity index (χ4n) is 1.67. The zero-order valence-corrected chi connectivity index (χ0v) is 14.2. The van der Waals surface area contributed by atoms with Crippen LogP contribution in [0.15, 0.2) is 24.3 Å². The van der Waals surface area contributed by atoms with Crippen molar-refractivity contribution in [2.75, 3.05) is 27.2 Å². The van der Waals surface area contributed by atoms with Gasteiger partial charge in [0.15, 0.2) is 6.29 Å². The lowest BCUT2D eigenvalue weighted by atomic mass is 10.3. The third kappa shape index (κ3) is 4.90. The molecular weight excluding hydrogens is 304 g/mol. The number of hydrogen-bond donors (Lipinski definition) is 0. The van der Waals surface area contributed by atoms with Gasteiger partial charge in [0.25, 0.3) is 5.69 Å². The van der Waals surface area contributed by atoms with Crippen molar-refractivity contribution in [1.82, 2.24) is 4.90 Å². The third-order valence-corrected chi connectivity index (χ3v) is 4.76. The van der Waals surface area contributed by atoms with E-state index in [4.69, 9.17) is 9.47 Å². The molecule has 0 saturated heterocycles. The highest BCUT2D eigenvalue weighted by atomic mass is 28.3. The summed E-state index contributed by atoms with van der Waals surface area (Å²) in [7, 11) is 2.49. The van der Waals surface area contributed by atoms with Gasteiger partial charge in [-0.15, -0.1) is 0 Å². The van der Waals surface area contributed by atoms with E-state index in [9.17, 15) is 14.9 Å². The van der Waals surface area contributed by atoms with E-state index >= 15 is 0 Å². The number of likely N-dealkylation sites (N-methyl/N-ethyl adjacent to an activating group) is 1. The standard InChI is InChI=1S/C14H21N2O5Si/c1-15(2)8-9-20-14(11-17,22(3)4)21-13-7-5-6-12(10-13)16(18)19/h5-7,10-11H,8-9H2,1-4H3. The van der Waals surface area contributed by atoms with Gasteiger partial charge < -0.3 is 14.4 Å². The van der Waals surface area contributed by atoms with Crippen molar-refractivity contribution in [3.63, 3.8) is 0 Å². The average molecular weight is 325 g/mol. The Morgan fingerprint density at radius 2 is 2.09 bits per heavy atom. The minimum absolute atomic E-state index is 0.0911. The Morgan fingerprint density at radius 3 is 2.59 bits per heavy atom. The highest BCUT2D eigenvalue weighted by Gasteiger charge is 2.38. The highest BCUT2D eigenvalue weighted by molar-refractivity contribution is 6.62. The zero-order chi connectivity index (χ0) is 16.8. The first-order valence-electron chi connectivity index (χ1n) is 6.80. The van der Waals surface area contributed by atoms with E-state index in [0.717, 1.165) is 0 Å². The lowest BCUT2D eigenvalue weighted by Crippen LogP contribution is -2.52. The van der Waals surface area contributed by atoms with E-state index in [1.165, 1.54) is 18.2 Å². The van der Waals surface area contributed by atoms with Gasteiger partial charge in [-0.05, 0) is 20.2 Å². The molecule has 0 fully saturated rings. The van der Waals surface area contributed by atoms with Crippen molar-refractivity contribution in [2.45, 2.75) is 18.5 Å². The second-order valence-corrected chi connectivity index (χ2v) is 7.99. The third-order valence-electron chi connectivity index (χ3n) is 3.00. The molecule has 0 saturated carbocycles. The number of non-ortho nitro benzene ring substituents is 1. The number of aldehydes is 1. The lowest BCUT2D eigenvalue weighted by Gasteiger charge is -2.32. The van der Waals surface area contributed by atoms with Crippen molar-refractivity contribution < 1.29 is 19.2 Å². The molecule has 0 N–H and O–H groups in total. The number of hydrogen-bond acceptors (Lipinski definition) is 6. The monoisotopic (exact) mass is 325 g/mol. The number of carbonyl (C=O) groups excluding carboxylic acids is 1. The number of nitro benzene ring substituents is 1. The van der Waals surface area contributed by atoms with Gasteiger partial charge in [-0.25, -0.2) is 0 Å². The smallest absolute Gasteiger partial charge is 0.273 e. The van der Waals surface area contributed by atoms with Crippen LogP contribution in [0.25, 0.3) is 0 Å². The topological polar surface area (TPSA) is 81.9 Å². The molecule has 0 spiro atoms. The van der Waals surface area contributed by atoms with E-state index in [2.05, 4.69) is 0 Å². The van der Waals surface area contributed by atoms with Crippen molar-refractivity contribution >= 4 is 20.8 Å². The van der Waals surface area contributed by atoms with Gasteiger partial charge in [-0.3, -0.25) is 14.9 Å². The van der Waals surface area contributed by atoms with Crippen LogP contribution in [-0.2, 0) is 9.53 Å². The molecule has 121 valence electrons. The van der Waals surface area contributed by atoms with Gasteiger partial charge in [0.1, 0.15) is 14.5 Å². The molecule has 0 aliphatic carbocycles. The second kappa shape index (κ2) is 8.02. The molecule has 0 bridgehead atoms. The number of ether oxygens (including phenoxy) is 2. The number of nitrogens with zero attached hydrogens (tertiary/aromatic N) is 2. The van der Waals surface area contributed by atoms with Crippen LogP contribution >= 0.6 is 0 Å². The Hall–Kier alpha value is -1.77. The number of benzene rings is 1. The molecule has 0 amide bonds. The van der Waals surface area contributed by atoms with E-state index in [1.54, 1.807) is 6.07 Å². The fraction of sp³-hybridized carbons (Fsp3) is 0.500. The van der Waals surface area contributed by atoms with Crippen LogP contribution in [0.3, 0.4) is 0 Å². The van der Waals surface area contributed by atoms with Gasteiger partial charge >= 0.3 is 0 Å². The summed E-state index contributed by atoms with van der Waals surface area (Å²) in [6, 6.07) is 5.75. The van der Waals surface area contributed by atoms with Gasteiger partial charge in [0.2, 0.25) is 5.41 Å². The molecule has 1 unspecified atom stereocenters. The number of carbonyl (C=O) groups is 1. The number of nitro groups is 1. The molecule has 0 aliphatic heterocycles. The Morgan fingerprint density at radius 1 is 1.41 bits per heavy atom. The lowest BCUT2D eigenvalue weighted by molar-refractivity contribution is -0.385. The van der Waals surface area contributed by atoms with E-state index in [1.807, 2.05) is 32.1 Å². The molecule has 1 aromatic rings. The highest BCUT2D eigenvalue weighted by Crippen LogP contribution is 2.25. The van der Waals surface area contributed by atoms with E-state index < -0.39 is 19.1 Å². The summed E-state index contributed by atoms with van der Waals surface area (Å²) in [6.45, 7) is 4.76. The molecule has 22 heavy (non-hydrogen) atoms. The minimum atomic E-state index is -1.37. The van der Waals surface area contributed by atoms with Crippen molar-refractivity contribution in [1.29, 1.82) is 0 Å². The summed E-state index contributed by atoms with van der Waals surface area (Å²) >= 11 is 0. The summed E-state index contributed by atoms with van der Waals surface area (Å²) < 4.78 is 11.4. The summed E-state index contributed by atoms with van der Waals surface area (Å²) in [5.41, 5.74) is -1.46. The molecule has 1 atom stereocenters. The maximum Gasteiger partial charge on any atom is 0.273 e. The SMILES string of the molecule is CN(C)CCOC(C=O)(Oc1cccc([N+](=O)[O-])c1)[Si](C)C. The Kier molecular flexibility index (Phi) is 6.66. The summed E-state index contributed by atoms with van der Waals surface area (Å²) in [4.78, 5) is 23.8. The normalized spacial score (nSPS) is 13.9. The second-order valence-electron chi connectivity index (χ2n) is 5.29. The molecule has 7 nitrogen and oxygen atoms in total. The van der Waals surface area contributed by atoms with Gasteiger partial charge in [0, 0.05) is 12.6 Å². The van der Waals surface area contributed by atoms with E-state index in [-0.39, 0.29) is 11.4 Å². The van der Waals surface area contributed by atoms with Crippen LogP contribution in [0.2, 0.25) is 13.1 Å². The average Bonchev–Trinajstić information content (AvgIpc) is 2.45. The van der Waals surface area contributed by atoms with E-state index in [0.29, 0.717) is 19.4 Å². The van der Waals surface area contributed by atoms with Crippen LogP contribution in [0.5, 0.6) is 5.75 Å². The summed E-state index contributed by atoms with van der Waals surface area (Å²) in [5.74, 6) is 0.248. The molecule has 0 aromatic heterocycles. The number of rotatable bonds is 9. The van der Waals surface area contributed by atoms with Crippen LogP contribution in [0, 0.1) is 10.1 Å². The summed E-state index contributed by atoms with van der Waals surface area (Å²) in [6.07, 6.45) is 0.649. The van der Waals surface area contributed by atoms with Crippen LogP contribution in [-0.4, -0.2) is 57.6 Å². The van der Waals surface area contributed by atoms with Crippen molar-refractivity contribution in [2.24, 2.45) is 0 Å². The van der Waals surface area contributed by atoms with Gasteiger partial charge in [0.05, 0.1) is 17.6 Å². The largest absolute Gasteiger partial charge is 0.459 e. The van der Waals surface area contributed by atoms with Crippen molar-refractivity contribution in [3.8, 4) is 5.75 Å². The van der Waals surface area contributed by atoms with Gasteiger partial charge in [-0.2, -0.15) is 0 Å². The molecule has 1 rings (SSSR count). The quantitative estimate of drug-likeness (QED) is 0.226. The Labute approximate surface area is 131 Å². The Balaban J connectivity index is 2.95. The molecule has 0 heterocycles. The molecular formula is C14H21N2O5Si. The molecule has 0 aliphatic rings. The van der Waals surface area contributed by atoms with Crippen LogP contribution in [0.1, 0.15) is 0 Å². The Bertz CT molecular complexity index is 524. The molecule has 1 radical (unpaired) electrons. The van der Waals surface area contributed by atoms with Gasteiger partial charge in [-0.1, -0.05) is 19.2 Å². The maximum atomic E-state index is 11.6. The fourth-order valence-corrected chi connectivity index (χ4v) is 2.62. The molecule has 8 heteroatoms. The first-order chi connectivity index (χ1) is 10.3.